The number of halogens is 2. The third-order valence-electron chi connectivity index (χ3n) is 6.19. The maximum Gasteiger partial charge on any atom is 0.202 e. The van der Waals surface area contributed by atoms with Crippen molar-refractivity contribution >= 4 is 29.0 Å². The van der Waals surface area contributed by atoms with Crippen molar-refractivity contribution < 1.29 is 9.53 Å². The van der Waals surface area contributed by atoms with Crippen LogP contribution in [0.4, 0.5) is 0 Å². The van der Waals surface area contributed by atoms with Crippen molar-refractivity contribution in [1.29, 1.82) is 0 Å². The highest BCUT2D eigenvalue weighted by Crippen LogP contribution is 2.59. The fourth-order valence-electron chi connectivity index (χ4n) is 5.68. The normalized spacial score (nSPS) is 52.1. The number of Topliss-reactive ketones (excluding diaryl/α,β-unsaturated/α-hetero) is 1. The van der Waals surface area contributed by atoms with Crippen LogP contribution in [0.15, 0.2) is 0 Å². The molecule has 5 saturated carbocycles. The minimum atomic E-state index is -1.30. The Hall–Kier alpha value is 0.210. The SMILES string of the molecule is CC[C@@H]1C(=O)C(Cl)(Cl)[C@H]1OC12CC3CC(CC(C3)C1)C2. The van der Waals surface area contributed by atoms with E-state index in [1.54, 1.807) is 0 Å². The molecule has 5 rings (SSSR count). The topological polar surface area (TPSA) is 26.3 Å². The monoisotopic (exact) mass is 316 g/mol. The molecule has 2 nitrogen and oxygen atoms in total. The van der Waals surface area contributed by atoms with Gasteiger partial charge in [0, 0.05) is 0 Å². The molecule has 20 heavy (non-hydrogen) atoms. The first-order valence-electron chi connectivity index (χ1n) is 8.03. The molecular weight excluding hydrogens is 295 g/mol. The highest BCUT2D eigenvalue weighted by molar-refractivity contribution is 6.61. The number of ether oxygens (including phenoxy) is 1. The molecule has 0 aromatic carbocycles. The molecule has 0 aliphatic heterocycles. The van der Waals surface area contributed by atoms with Gasteiger partial charge in [-0.3, -0.25) is 4.79 Å². The van der Waals surface area contributed by atoms with Gasteiger partial charge in [-0.1, -0.05) is 30.1 Å². The van der Waals surface area contributed by atoms with Crippen LogP contribution in [0.3, 0.4) is 0 Å². The fourth-order valence-corrected chi connectivity index (χ4v) is 6.36. The summed E-state index contributed by atoms with van der Waals surface area (Å²) < 4.78 is 5.19. The molecule has 0 N–H and O–H groups in total. The maximum absolute atomic E-state index is 12.0. The molecule has 5 aliphatic carbocycles. The van der Waals surface area contributed by atoms with Gasteiger partial charge in [0.05, 0.1) is 11.5 Å². The molecule has 0 radical (unpaired) electrons. The third kappa shape index (κ3) is 1.84. The minimum Gasteiger partial charge on any atom is -0.367 e. The molecule has 2 atom stereocenters. The molecular formula is C16H22Cl2O2. The lowest BCUT2D eigenvalue weighted by Crippen LogP contribution is -2.65. The van der Waals surface area contributed by atoms with E-state index in [0.29, 0.717) is 0 Å². The summed E-state index contributed by atoms with van der Waals surface area (Å²) in [7, 11) is 0. The van der Waals surface area contributed by atoms with Crippen molar-refractivity contribution in [2.24, 2.45) is 23.7 Å². The Kier molecular flexibility index (Phi) is 3.02. The van der Waals surface area contributed by atoms with E-state index in [2.05, 4.69) is 0 Å². The Balaban J connectivity index is 1.55. The van der Waals surface area contributed by atoms with E-state index in [-0.39, 0.29) is 23.4 Å². The number of alkyl halides is 2. The van der Waals surface area contributed by atoms with Gasteiger partial charge in [0.2, 0.25) is 4.33 Å². The average molecular weight is 317 g/mol. The Labute approximate surface area is 130 Å². The standard InChI is InChI=1S/C16H22Cl2O2/c1-2-12-13(19)16(17,18)14(12)20-15-6-9-3-10(7-15)5-11(4-9)8-15/h9-12,14H,2-8H2,1H3/t9?,10?,11?,12-,14+,15?/m1/s1. The first kappa shape index (κ1) is 13.8. The molecule has 0 aromatic rings. The van der Waals surface area contributed by atoms with Gasteiger partial charge in [-0.05, 0) is 62.7 Å². The van der Waals surface area contributed by atoms with Crippen LogP contribution in [0.2, 0.25) is 0 Å². The van der Waals surface area contributed by atoms with Crippen molar-refractivity contribution in [3.8, 4) is 0 Å². The van der Waals surface area contributed by atoms with E-state index in [1.165, 1.54) is 19.3 Å². The summed E-state index contributed by atoms with van der Waals surface area (Å²) in [5, 5.41) is 0. The van der Waals surface area contributed by atoms with Gasteiger partial charge >= 0.3 is 0 Å². The van der Waals surface area contributed by atoms with Gasteiger partial charge in [-0.2, -0.15) is 0 Å². The molecule has 4 bridgehead atoms. The van der Waals surface area contributed by atoms with E-state index in [1.807, 2.05) is 6.92 Å². The molecule has 0 amide bonds. The summed E-state index contributed by atoms with van der Waals surface area (Å²) >= 11 is 12.5. The zero-order valence-electron chi connectivity index (χ0n) is 11.9. The second kappa shape index (κ2) is 4.36. The predicted octanol–water partition coefficient (Wildman–Crippen LogP) is 4.12. The Morgan fingerprint density at radius 2 is 1.60 bits per heavy atom. The molecule has 0 heterocycles. The fraction of sp³-hybridized carbons (Fsp3) is 0.938. The average Bonchev–Trinajstić information content (AvgIpc) is 2.36. The van der Waals surface area contributed by atoms with E-state index in [9.17, 15) is 4.79 Å². The van der Waals surface area contributed by atoms with Crippen molar-refractivity contribution in [2.45, 2.75) is 67.9 Å². The van der Waals surface area contributed by atoms with Gasteiger partial charge in [-0.15, -0.1) is 0 Å². The summed E-state index contributed by atoms with van der Waals surface area (Å²) in [6.45, 7) is 2.02. The van der Waals surface area contributed by atoms with Crippen LogP contribution < -0.4 is 0 Å². The van der Waals surface area contributed by atoms with Gasteiger partial charge < -0.3 is 4.74 Å². The van der Waals surface area contributed by atoms with Gasteiger partial charge in [0.25, 0.3) is 0 Å². The first-order chi connectivity index (χ1) is 9.43. The molecule has 4 heteroatoms. The zero-order valence-corrected chi connectivity index (χ0v) is 13.4. The second-order valence-electron chi connectivity index (χ2n) is 7.64. The Bertz CT molecular complexity index is 410. The third-order valence-corrected chi connectivity index (χ3v) is 6.99. The number of hydrogen-bond donors (Lipinski definition) is 0. The van der Waals surface area contributed by atoms with Crippen molar-refractivity contribution in [3.05, 3.63) is 0 Å². The van der Waals surface area contributed by atoms with Crippen LogP contribution in [0.1, 0.15) is 51.9 Å². The predicted molar refractivity (Wildman–Crippen MR) is 79.0 cm³/mol. The smallest absolute Gasteiger partial charge is 0.202 e. The second-order valence-corrected chi connectivity index (χ2v) is 9.03. The lowest BCUT2D eigenvalue weighted by molar-refractivity contribution is -0.216. The molecule has 0 saturated heterocycles. The summed E-state index contributed by atoms with van der Waals surface area (Å²) in [6, 6.07) is 0. The van der Waals surface area contributed by atoms with Crippen molar-refractivity contribution in [2.75, 3.05) is 0 Å². The number of carbonyl (C=O) groups excluding carboxylic acids is 1. The highest BCUT2D eigenvalue weighted by atomic mass is 35.5. The van der Waals surface area contributed by atoms with Crippen molar-refractivity contribution in [3.63, 3.8) is 0 Å². The highest BCUT2D eigenvalue weighted by Gasteiger charge is 2.64. The first-order valence-corrected chi connectivity index (χ1v) is 8.79. The quantitative estimate of drug-likeness (QED) is 0.732. The molecule has 112 valence electrons. The summed E-state index contributed by atoms with van der Waals surface area (Å²) in [4.78, 5) is 12.0. The number of hydrogen-bond acceptors (Lipinski definition) is 2. The van der Waals surface area contributed by atoms with Crippen LogP contribution in [-0.4, -0.2) is 21.8 Å². The zero-order chi connectivity index (χ0) is 14.1. The maximum atomic E-state index is 12.0. The summed E-state index contributed by atoms with van der Waals surface area (Å²) in [5.74, 6) is 2.35. The number of rotatable bonds is 3. The number of ketones is 1. The van der Waals surface area contributed by atoms with Crippen LogP contribution in [0, 0.1) is 23.7 Å². The van der Waals surface area contributed by atoms with E-state index < -0.39 is 4.33 Å². The molecule has 0 unspecified atom stereocenters. The summed E-state index contributed by atoms with van der Waals surface area (Å²) in [5.41, 5.74) is -0.0252. The Morgan fingerprint density at radius 1 is 1.10 bits per heavy atom. The largest absolute Gasteiger partial charge is 0.367 e. The van der Waals surface area contributed by atoms with Gasteiger partial charge in [-0.25, -0.2) is 0 Å². The lowest BCUT2D eigenvalue weighted by atomic mass is 9.54. The van der Waals surface area contributed by atoms with Crippen molar-refractivity contribution in [1.82, 2.24) is 0 Å². The van der Waals surface area contributed by atoms with E-state index in [4.69, 9.17) is 27.9 Å². The molecule has 5 fully saturated rings. The summed E-state index contributed by atoms with van der Waals surface area (Å²) in [6.07, 6.45) is 8.11. The van der Waals surface area contributed by atoms with Gasteiger partial charge in [0.1, 0.15) is 6.10 Å². The van der Waals surface area contributed by atoms with E-state index >= 15 is 0 Å². The number of carbonyl (C=O) groups is 1. The Morgan fingerprint density at radius 3 is 2.05 bits per heavy atom. The van der Waals surface area contributed by atoms with Crippen LogP contribution in [0.5, 0.6) is 0 Å². The van der Waals surface area contributed by atoms with E-state index in [0.717, 1.165) is 43.4 Å². The van der Waals surface area contributed by atoms with Gasteiger partial charge in [0.15, 0.2) is 5.78 Å². The lowest BCUT2D eigenvalue weighted by Gasteiger charge is -2.59. The van der Waals surface area contributed by atoms with Crippen LogP contribution in [-0.2, 0) is 9.53 Å². The molecule has 0 aromatic heterocycles. The van der Waals surface area contributed by atoms with Crippen LogP contribution in [0.25, 0.3) is 0 Å². The molecule has 5 aliphatic rings. The minimum absolute atomic E-state index is 0.0252. The van der Waals surface area contributed by atoms with Crippen LogP contribution >= 0.6 is 23.2 Å². The molecule has 0 spiro atoms.